The van der Waals surface area contributed by atoms with Crippen molar-refractivity contribution in [3.63, 3.8) is 0 Å². The molecule has 3 nitrogen and oxygen atoms in total. The monoisotopic (exact) mass is 365 g/mol. The lowest BCUT2D eigenvalue weighted by molar-refractivity contribution is -0.933. The summed E-state index contributed by atoms with van der Waals surface area (Å²) in [4.78, 5) is 14.7. The quantitative estimate of drug-likeness (QED) is 0.823. The number of benzene rings is 2. The maximum atomic E-state index is 13.3. The molecule has 1 heterocycles. The Hall–Kier alpha value is -2.13. The molecule has 0 spiro atoms. The van der Waals surface area contributed by atoms with Crippen molar-refractivity contribution in [3.8, 4) is 0 Å². The number of anilines is 1. The number of quaternary nitrogens is 1. The summed E-state index contributed by atoms with van der Waals surface area (Å²) in [5.41, 5.74) is 3.27. The highest BCUT2D eigenvalue weighted by molar-refractivity contribution is 5.94. The van der Waals surface area contributed by atoms with E-state index in [1.807, 2.05) is 30.3 Å². The molecule has 1 amide bonds. The van der Waals surface area contributed by atoms with E-state index in [0.29, 0.717) is 17.8 Å². The van der Waals surface area contributed by atoms with Crippen LogP contribution in [0.2, 0.25) is 0 Å². The Morgan fingerprint density at radius 2 is 1.52 bits per heavy atom. The number of likely N-dealkylation sites (tertiary alicyclic amines) is 1. The summed E-state index contributed by atoms with van der Waals surface area (Å²) in [6.45, 7) is 11.1. The maximum absolute atomic E-state index is 13.3. The van der Waals surface area contributed by atoms with Crippen LogP contribution in [0, 0.1) is 11.8 Å². The second-order valence-electron chi connectivity index (χ2n) is 8.62. The molecular weight excluding hydrogens is 332 g/mol. The van der Waals surface area contributed by atoms with Gasteiger partial charge in [-0.25, -0.2) is 0 Å². The molecule has 1 fully saturated rings. The molecular formula is C24H33N2O+. The van der Waals surface area contributed by atoms with Crippen molar-refractivity contribution < 1.29 is 9.69 Å². The highest BCUT2D eigenvalue weighted by Gasteiger charge is 2.36. The molecule has 0 aromatic heterocycles. The molecule has 3 heteroatoms. The summed E-state index contributed by atoms with van der Waals surface area (Å²) in [6.07, 6.45) is 1.25. The third-order valence-corrected chi connectivity index (χ3v) is 5.67. The van der Waals surface area contributed by atoms with Crippen LogP contribution in [0.4, 0.5) is 5.69 Å². The van der Waals surface area contributed by atoms with Crippen molar-refractivity contribution in [2.75, 3.05) is 18.4 Å². The Morgan fingerprint density at radius 3 is 2.07 bits per heavy atom. The van der Waals surface area contributed by atoms with Gasteiger partial charge in [0.25, 0.3) is 5.91 Å². The predicted octanol–water partition coefficient (Wildman–Crippen LogP) is 4.05. The van der Waals surface area contributed by atoms with Crippen LogP contribution in [0.1, 0.15) is 57.2 Å². The SMILES string of the molecule is CC1CC(C)C[NH+](C(C(=O)Nc2ccc(C(C)C)cc2)c2ccccc2)C1. The Balaban J connectivity index is 1.82. The van der Waals surface area contributed by atoms with E-state index in [-0.39, 0.29) is 11.9 Å². The van der Waals surface area contributed by atoms with Crippen molar-refractivity contribution in [1.29, 1.82) is 0 Å². The fraction of sp³-hybridized carbons (Fsp3) is 0.458. The van der Waals surface area contributed by atoms with Gasteiger partial charge in [0.2, 0.25) is 0 Å². The van der Waals surface area contributed by atoms with Crippen LogP contribution in [0.15, 0.2) is 54.6 Å². The molecule has 0 saturated carbocycles. The van der Waals surface area contributed by atoms with Crippen LogP contribution in [0.5, 0.6) is 0 Å². The van der Waals surface area contributed by atoms with E-state index in [1.165, 1.54) is 16.9 Å². The number of hydrogen-bond acceptors (Lipinski definition) is 1. The Bertz CT molecular complexity index is 729. The van der Waals surface area contributed by atoms with Gasteiger partial charge in [-0.1, -0.05) is 70.2 Å². The lowest BCUT2D eigenvalue weighted by Crippen LogP contribution is -3.15. The molecule has 0 aliphatic carbocycles. The number of nitrogens with one attached hydrogen (secondary N) is 2. The zero-order chi connectivity index (χ0) is 19.4. The first-order chi connectivity index (χ1) is 12.9. The third kappa shape index (κ3) is 4.98. The molecule has 3 unspecified atom stereocenters. The van der Waals surface area contributed by atoms with Crippen molar-refractivity contribution >= 4 is 11.6 Å². The Labute approximate surface area is 163 Å². The van der Waals surface area contributed by atoms with Crippen molar-refractivity contribution in [2.24, 2.45) is 11.8 Å². The van der Waals surface area contributed by atoms with Crippen molar-refractivity contribution in [3.05, 3.63) is 65.7 Å². The summed E-state index contributed by atoms with van der Waals surface area (Å²) in [7, 11) is 0. The molecule has 1 aliphatic heterocycles. The fourth-order valence-electron chi connectivity index (χ4n) is 4.45. The normalized spacial score (nSPS) is 23.8. The van der Waals surface area contributed by atoms with Crippen LogP contribution in [0.25, 0.3) is 0 Å². The second kappa shape index (κ2) is 8.71. The summed E-state index contributed by atoms with van der Waals surface area (Å²) in [5.74, 6) is 1.88. The second-order valence-corrected chi connectivity index (χ2v) is 8.62. The van der Waals surface area contributed by atoms with Gasteiger partial charge in [0.1, 0.15) is 0 Å². The van der Waals surface area contributed by atoms with Gasteiger partial charge >= 0.3 is 0 Å². The number of hydrogen-bond donors (Lipinski definition) is 2. The zero-order valence-electron chi connectivity index (χ0n) is 17.0. The lowest BCUT2D eigenvalue weighted by Gasteiger charge is -2.36. The number of amides is 1. The molecule has 2 N–H and O–H groups in total. The molecule has 3 atom stereocenters. The molecule has 1 saturated heterocycles. The van der Waals surface area contributed by atoms with E-state index in [2.05, 4.69) is 57.3 Å². The molecule has 2 aromatic carbocycles. The van der Waals surface area contributed by atoms with Gasteiger partial charge in [0, 0.05) is 23.1 Å². The molecule has 144 valence electrons. The third-order valence-electron chi connectivity index (χ3n) is 5.67. The van der Waals surface area contributed by atoms with Crippen LogP contribution < -0.4 is 10.2 Å². The van der Waals surface area contributed by atoms with Gasteiger partial charge < -0.3 is 10.2 Å². The van der Waals surface area contributed by atoms with E-state index >= 15 is 0 Å². The van der Waals surface area contributed by atoms with E-state index in [9.17, 15) is 4.79 Å². The minimum atomic E-state index is -0.166. The average Bonchev–Trinajstić information content (AvgIpc) is 2.62. The molecule has 2 aromatic rings. The number of carbonyl (C=O) groups is 1. The van der Waals surface area contributed by atoms with Crippen LogP contribution >= 0.6 is 0 Å². The maximum Gasteiger partial charge on any atom is 0.287 e. The average molecular weight is 366 g/mol. The highest BCUT2D eigenvalue weighted by atomic mass is 16.2. The first-order valence-corrected chi connectivity index (χ1v) is 10.2. The minimum Gasteiger partial charge on any atom is -0.321 e. The summed E-state index contributed by atoms with van der Waals surface area (Å²) < 4.78 is 0. The number of rotatable bonds is 5. The highest BCUT2D eigenvalue weighted by Crippen LogP contribution is 2.20. The Morgan fingerprint density at radius 1 is 0.926 bits per heavy atom. The van der Waals surface area contributed by atoms with Crippen molar-refractivity contribution in [2.45, 2.75) is 46.1 Å². The van der Waals surface area contributed by atoms with Crippen LogP contribution in [-0.4, -0.2) is 19.0 Å². The lowest BCUT2D eigenvalue weighted by atomic mass is 9.89. The van der Waals surface area contributed by atoms with Gasteiger partial charge in [0.15, 0.2) is 6.04 Å². The summed E-state index contributed by atoms with van der Waals surface area (Å²) in [6, 6.07) is 18.3. The van der Waals surface area contributed by atoms with E-state index in [1.54, 1.807) is 0 Å². The standard InChI is InChI=1S/C24H32N2O/c1-17(2)20-10-12-22(13-11-20)25-24(27)23(21-8-6-5-7-9-21)26-15-18(3)14-19(4)16-26/h5-13,17-19,23H,14-16H2,1-4H3,(H,25,27)/p+1. The fourth-order valence-corrected chi connectivity index (χ4v) is 4.45. The molecule has 0 radical (unpaired) electrons. The molecule has 27 heavy (non-hydrogen) atoms. The largest absolute Gasteiger partial charge is 0.321 e. The topological polar surface area (TPSA) is 33.5 Å². The first kappa shape index (κ1) is 19.6. The number of carbonyl (C=O) groups excluding carboxylic acids is 1. The minimum absolute atomic E-state index is 0.0924. The zero-order valence-corrected chi connectivity index (χ0v) is 17.0. The summed E-state index contributed by atoms with van der Waals surface area (Å²) >= 11 is 0. The van der Waals surface area contributed by atoms with E-state index < -0.39 is 0 Å². The molecule has 3 rings (SSSR count). The van der Waals surface area contributed by atoms with Gasteiger partial charge in [0.05, 0.1) is 13.1 Å². The number of piperidine rings is 1. The smallest absolute Gasteiger partial charge is 0.287 e. The van der Waals surface area contributed by atoms with Crippen molar-refractivity contribution in [1.82, 2.24) is 0 Å². The van der Waals surface area contributed by atoms with E-state index in [0.717, 1.165) is 24.3 Å². The molecule has 1 aliphatic rings. The summed E-state index contributed by atoms with van der Waals surface area (Å²) in [5, 5.41) is 3.17. The van der Waals surface area contributed by atoms with E-state index in [4.69, 9.17) is 0 Å². The molecule has 0 bridgehead atoms. The first-order valence-electron chi connectivity index (χ1n) is 10.2. The Kier molecular flexibility index (Phi) is 6.33. The van der Waals surface area contributed by atoms with Gasteiger partial charge in [-0.05, 0) is 30.0 Å². The predicted molar refractivity (Wildman–Crippen MR) is 112 cm³/mol. The van der Waals surface area contributed by atoms with Gasteiger partial charge in [-0.2, -0.15) is 0 Å². The van der Waals surface area contributed by atoms with Gasteiger partial charge in [-0.15, -0.1) is 0 Å². The van der Waals surface area contributed by atoms with Crippen LogP contribution in [0.3, 0.4) is 0 Å². The van der Waals surface area contributed by atoms with Gasteiger partial charge in [-0.3, -0.25) is 4.79 Å². The van der Waals surface area contributed by atoms with Crippen LogP contribution in [-0.2, 0) is 4.79 Å².